The van der Waals surface area contributed by atoms with Gasteiger partial charge in [-0.25, -0.2) is 14.6 Å². The molecule has 0 saturated carbocycles. The number of aryl methyl sites for hydroxylation is 1. The third kappa shape index (κ3) is 4.88. The number of ether oxygens (including phenoxy) is 1. The summed E-state index contributed by atoms with van der Waals surface area (Å²) in [5.74, 6) is -1.31. The summed E-state index contributed by atoms with van der Waals surface area (Å²) >= 11 is 0. The van der Waals surface area contributed by atoms with E-state index in [-0.39, 0.29) is 5.56 Å². The van der Waals surface area contributed by atoms with E-state index in [1.54, 1.807) is 48.5 Å². The second kappa shape index (κ2) is 8.73. The van der Waals surface area contributed by atoms with E-state index in [9.17, 15) is 14.0 Å². The van der Waals surface area contributed by atoms with Gasteiger partial charge in [0.15, 0.2) is 0 Å². The summed E-state index contributed by atoms with van der Waals surface area (Å²) in [7, 11) is 0. The van der Waals surface area contributed by atoms with Crippen LogP contribution in [0.1, 0.15) is 31.8 Å². The number of carbonyl (C=O) groups is 2. The maximum Gasteiger partial charge on any atom is 0.343 e. The van der Waals surface area contributed by atoms with Gasteiger partial charge >= 0.3 is 5.97 Å². The predicted octanol–water partition coefficient (Wildman–Crippen LogP) is 4.12. The van der Waals surface area contributed by atoms with Gasteiger partial charge in [0.25, 0.3) is 5.91 Å². The van der Waals surface area contributed by atoms with Crippen molar-refractivity contribution < 1.29 is 18.7 Å². The van der Waals surface area contributed by atoms with Crippen molar-refractivity contribution in [1.29, 1.82) is 0 Å². The maximum atomic E-state index is 13.5. The van der Waals surface area contributed by atoms with Gasteiger partial charge in [-0.2, -0.15) is 5.10 Å². The van der Waals surface area contributed by atoms with Gasteiger partial charge in [-0.1, -0.05) is 29.8 Å². The number of amides is 1. The summed E-state index contributed by atoms with van der Waals surface area (Å²) in [5, 5.41) is 3.81. The van der Waals surface area contributed by atoms with E-state index in [0.29, 0.717) is 16.9 Å². The van der Waals surface area contributed by atoms with Crippen molar-refractivity contribution in [3.8, 4) is 5.75 Å². The number of carbonyl (C=O) groups excluding carboxylic acids is 2. The maximum absolute atomic E-state index is 13.5. The van der Waals surface area contributed by atoms with Crippen LogP contribution in [-0.2, 0) is 0 Å². The molecule has 0 aliphatic carbocycles. The van der Waals surface area contributed by atoms with Gasteiger partial charge in [0, 0.05) is 0 Å². The molecule has 0 aliphatic heterocycles. The zero-order valence-electron chi connectivity index (χ0n) is 15.1. The number of nitrogens with one attached hydrogen (secondary N) is 1. The van der Waals surface area contributed by atoms with Gasteiger partial charge in [-0.05, 0) is 61.0 Å². The van der Waals surface area contributed by atoms with E-state index >= 15 is 0 Å². The normalized spacial score (nSPS) is 10.6. The SMILES string of the molecule is Cc1cccc(C(=O)Oc2ccc(/C=N/NC(=O)c3ccccc3F)cc2)c1. The first-order chi connectivity index (χ1) is 13.5. The van der Waals surface area contributed by atoms with Gasteiger partial charge in [0.2, 0.25) is 0 Å². The highest BCUT2D eigenvalue weighted by Gasteiger charge is 2.10. The molecule has 3 aromatic rings. The van der Waals surface area contributed by atoms with Crippen LogP contribution >= 0.6 is 0 Å². The second-order valence-electron chi connectivity index (χ2n) is 6.01. The number of nitrogens with zero attached hydrogens (tertiary/aromatic N) is 1. The molecule has 3 rings (SSSR count). The Kier molecular flexibility index (Phi) is 5.91. The van der Waals surface area contributed by atoms with Crippen LogP contribution in [0.15, 0.2) is 77.9 Å². The second-order valence-corrected chi connectivity index (χ2v) is 6.01. The van der Waals surface area contributed by atoms with Crippen LogP contribution in [0, 0.1) is 12.7 Å². The average Bonchev–Trinajstić information content (AvgIpc) is 2.69. The Bertz CT molecular complexity index is 1030. The molecule has 0 aliphatic rings. The smallest absolute Gasteiger partial charge is 0.343 e. The first-order valence-corrected chi connectivity index (χ1v) is 8.50. The molecule has 5 nitrogen and oxygen atoms in total. The third-order valence-electron chi connectivity index (χ3n) is 3.84. The predicted molar refractivity (Wildman–Crippen MR) is 104 cm³/mol. The molecule has 0 aromatic heterocycles. The fraction of sp³-hybridized carbons (Fsp3) is 0.0455. The van der Waals surface area contributed by atoms with Crippen molar-refractivity contribution in [1.82, 2.24) is 5.43 Å². The van der Waals surface area contributed by atoms with Crippen molar-refractivity contribution in [2.45, 2.75) is 6.92 Å². The molecule has 0 fully saturated rings. The summed E-state index contributed by atoms with van der Waals surface area (Å²) in [4.78, 5) is 24.0. The molecule has 0 saturated heterocycles. The molecule has 0 spiro atoms. The topological polar surface area (TPSA) is 67.8 Å². The van der Waals surface area contributed by atoms with Gasteiger partial charge in [-0.15, -0.1) is 0 Å². The molecule has 140 valence electrons. The lowest BCUT2D eigenvalue weighted by Gasteiger charge is -2.05. The summed E-state index contributed by atoms with van der Waals surface area (Å²) in [6.07, 6.45) is 1.41. The molecule has 1 N–H and O–H groups in total. The van der Waals surface area contributed by atoms with Crippen LogP contribution in [0.5, 0.6) is 5.75 Å². The highest BCUT2D eigenvalue weighted by atomic mass is 19.1. The Morgan fingerprint density at radius 3 is 2.46 bits per heavy atom. The van der Waals surface area contributed by atoms with Crippen LogP contribution < -0.4 is 10.2 Å². The zero-order valence-corrected chi connectivity index (χ0v) is 15.1. The minimum Gasteiger partial charge on any atom is -0.423 e. The lowest BCUT2D eigenvalue weighted by Crippen LogP contribution is -2.18. The van der Waals surface area contributed by atoms with Crippen molar-refractivity contribution in [2.24, 2.45) is 5.10 Å². The van der Waals surface area contributed by atoms with Gasteiger partial charge < -0.3 is 4.74 Å². The van der Waals surface area contributed by atoms with Gasteiger partial charge in [-0.3, -0.25) is 4.79 Å². The fourth-order valence-corrected chi connectivity index (χ4v) is 2.43. The van der Waals surface area contributed by atoms with E-state index in [4.69, 9.17) is 4.74 Å². The molecule has 28 heavy (non-hydrogen) atoms. The standard InChI is InChI=1S/C22H17FN2O3/c1-15-5-4-6-17(13-15)22(27)28-18-11-9-16(10-12-18)14-24-25-21(26)19-7-2-3-8-20(19)23/h2-14H,1H3,(H,25,26)/b24-14+. The van der Waals surface area contributed by atoms with E-state index in [1.807, 2.05) is 13.0 Å². The number of hydrogen-bond donors (Lipinski definition) is 1. The molecular weight excluding hydrogens is 359 g/mol. The zero-order chi connectivity index (χ0) is 19.9. The number of rotatable bonds is 5. The Hall–Kier alpha value is -3.80. The molecule has 0 atom stereocenters. The number of benzene rings is 3. The summed E-state index contributed by atoms with van der Waals surface area (Å²) in [6.45, 7) is 1.90. The van der Waals surface area contributed by atoms with Crippen LogP contribution in [0.2, 0.25) is 0 Å². The van der Waals surface area contributed by atoms with Crippen molar-refractivity contribution in [3.05, 3.63) is 101 Å². The molecule has 1 amide bonds. The molecular formula is C22H17FN2O3. The minimum absolute atomic E-state index is 0.0851. The van der Waals surface area contributed by atoms with E-state index in [2.05, 4.69) is 10.5 Å². The van der Waals surface area contributed by atoms with E-state index in [1.165, 1.54) is 24.4 Å². The summed E-state index contributed by atoms with van der Waals surface area (Å²) in [6, 6.07) is 19.4. The summed E-state index contributed by atoms with van der Waals surface area (Å²) in [5.41, 5.74) is 4.30. The average molecular weight is 376 g/mol. The summed E-state index contributed by atoms with van der Waals surface area (Å²) < 4.78 is 18.9. The number of esters is 1. The lowest BCUT2D eigenvalue weighted by molar-refractivity contribution is 0.0734. The first-order valence-electron chi connectivity index (χ1n) is 8.50. The highest BCUT2D eigenvalue weighted by molar-refractivity contribution is 5.95. The van der Waals surface area contributed by atoms with Crippen LogP contribution in [0.3, 0.4) is 0 Å². The first kappa shape index (κ1) is 19.0. The van der Waals surface area contributed by atoms with Gasteiger partial charge in [0.1, 0.15) is 11.6 Å². The van der Waals surface area contributed by atoms with Crippen molar-refractivity contribution in [3.63, 3.8) is 0 Å². The largest absolute Gasteiger partial charge is 0.423 e. The molecule has 3 aromatic carbocycles. The van der Waals surface area contributed by atoms with Crippen molar-refractivity contribution >= 4 is 18.1 Å². The Morgan fingerprint density at radius 2 is 1.75 bits per heavy atom. The molecule has 0 unspecified atom stereocenters. The highest BCUT2D eigenvalue weighted by Crippen LogP contribution is 2.14. The van der Waals surface area contributed by atoms with Crippen molar-refractivity contribution in [2.75, 3.05) is 0 Å². The minimum atomic E-state index is -0.641. The van der Waals surface area contributed by atoms with E-state index < -0.39 is 17.7 Å². The molecule has 0 bridgehead atoms. The number of hydrogen-bond acceptors (Lipinski definition) is 4. The van der Waals surface area contributed by atoms with Gasteiger partial charge in [0.05, 0.1) is 17.3 Å². The third-order valence-corrected chi connectivity index (χ3v) is 3.84. The van der Waals surface area contributed by atoms with Crippen LogP contribution in [0.25, 0.3) is 0 Å². The molecule has 6 heteroatoms. The number of halogens is 1. The number of hydrazone groups is 1. The van der Waals surface area contributed by atoms with Crippen LogP contribution in [0.4, 0.5) is 4.39 Å². The van der Waals surface area contributed by atoms with E-state index in [0.717, 1.165) is 5.56 Å². The molecule has 0 radical (unpaired) electrons. The quantitative estimate of drug-likeness (QED) is 0.315. The fourth-order valence-electron chi connectivity index (χ4n) is 2.43. The Morgan fingerprint density at radius 1 is 1.00 bits per heavy atom. The Balaban J connectivity index is 1.58. The molecule has 0 heterocycles. The Labute approximate surface area is 161 Å². The lowest BCUT2D eigenvalue weighted by atomic mass is 10.1. The monoisotopic (exact) mass is 376 g/mol. The van der Waals surface area contributed by atoms with Crippen LogP contribution in [-0.4, -0.2) is 18.1 Å².